The number of aliphatic hydroxyl groups excluding tert-OH is 2. The minimum absolute atomic E-state index is 0.140. The van der Waals surface area contributed by atoms with Gasteiger partial charge in [0.2, 0.25) is 0 Å². The Labute approximate surface area is 249 Å². The number of fused-ring (bicyclic) bond motifs is 1. The fourth-order valence-corrected chi connectivity index (χ4v) is 5.21. The van der Waals surface area contributed by atoms with Crippen molar-refractivity contribution in [2.45, 2.75) is 33.4 Å². The van der Waals surface area contributed by atoms with E-state index in [-0.39, 0.29) is 19.1 Å². The van der Waals surface area contributed by atoms with Gasteiger partial charge in [-0.15, -0.1) is 0 Å². The first-order chi connectivity index (χ1) is 20.2. The number of hydrogen-bond donors (Lipinski definition) is 3. The van der Waals surface area contributed by atoms with Gasteiger partial charge in [0.1, 0.15) is 11.6 Å². The number of halogens is 1. The number of aryl methyl sites for hydroxylation is 2. The highest BCUT2D eigenvalue weighted by Gasteiger charge is 2.22. The highest BCUT2D eigenvalue weighted by atomic mass is 35.5. The maximum atomic E-state index is 13.2. The molecule has 2 aromatic carbocycles. The number of nitrogens with zero attached hydrogens (tertiary/aromatic N) is 6. The lowest BCUT2D eigenvalue weighted by Gasteiger charge is -2.20. The molecule has 0 aliphatic heterocycles. The standard InChI is InChI=1S/C31H34ClN7O3/c1-5-38(13-14-40)31(42)24-16-22(9-10-25(24)32)28-19(2)36-39-27(17-26(20(3)41)35-30(28)39)34-18-21-7-6-8-23(15-21)29-33-11-12-37(29)4/h6-12,15-17,20,34,40-41H,5,13-14,18H2,1-4H3. The van der Waals surface area contributed by atoms with Crippen LogP contribution in [0, 0.1) is 6.92 Å². The number of carbonyl (C=O) groups excluding carboxylic acids is 1. The third-order valence-corrected chi connectivity index (χ3v) is 7.55. The quantitative estimate of drug-likeness (QED) is 0.213. The molecule has 0 saturated carbocycles. The minimum Gasteiger partial charge on any atom is -0.395 e. The minimum atomic E-state index is -0.815. The molecular formula is C31H34ClN7O3. The van der Waals surface area contributed by atoms with Crippen LogP contribution >= 0.6 is 11.6 Å². The number of amides is 1. The molecule has 1 amide bonds. The van der Waals surface area contributed by atoms with E-state index >= 15 is 0 Å². The number of hydrogen-bond acceptors (Lipinski definition) is 7. The van der Waals surface area contributed by atoms with Gasteiger partial charge >= 0.3 is 0 Å². The summed E-state index contributed by atoms with van der Waals surface area (Å²) in [5.74, 6) is 1.28. The number of carbonyl (C=O) groups is 1. The van der Waals surface area contributed by atoms with Crippen LogP contribution < -0.4 is 5.32 Å². The summed E-state index contributed by atoms with van der Waals surface area (Å²) in [6, 6.07) is 15.2. The number of likely N-dealkylation sites (N-methyl/N-ethyl adjacent to an activating group) is 1. The Morgan fingerprint density at radius 1 is 1.17 bits per heavy atom. The highest BCUT2D eigenvalue weighted by molar-refractivity contribution is 6.34. The van der Waals surface area contributed by atoms with E-state index in [1.807, 2.05) is 55.9 Å². The van der Waals surface area contributed by atoms with Gasteiger partial charge in [0.25, 0.3) is 5.91 Å². The molecule has 3 heterocycles. The Balaban J connectivity index is 1.54. The van der Waals surface area contributed by atoms with Gasteiger partial charge in [0.05, 0.1) is 34.7 Å². The summed E-state index contributed by atoms with van der Waals surface area (Å²) in [6.45, 7) is 6.42. The molecular weight excluding hydrogens is 554 g/mol. The number of aliphatic hydroxyl groups is 2. The van der Waals surface area contributed by atoms with Crippen molar-refractivity contribution in [3.63, 3.8) is 0 Å². The van der Waals surface area contributed by atoms with Crippen molar-refractivity contribution in [2.75, 3.05) is 25.0 Å². The molecule has 5 rings (SSSR count). The second-order valence-corrected chi connectivity index (χ2v) is 10.6. The lowest BCUT2D eigenvalue weighted by molar-refractivity contribution is 0.0732. The summed E-state index contributed by atoms with van der Waals surface area (Å²) < 4.78 is 3.70. The number of aromatic nitrogens is 5. The van der Waals surface area contributed by atoms with Crippen molar-refractivity contribution in [2.24, 2.45) is 7.05 Å². The van der Waals surface area contributed by atoms with Gasteiger partial charge in [0, 0.05) is 56.3 Å². The van der Waals surface area contributed by atoms with E-state index in [1.54, 1.807) is 40.7 Å². The molecule has 11 heteroatoms. The largest absolute Gasteiger partial charge is 0.395 e. The molecule has 0 bridgehead atoms. The Hall–Kier alpha value is -4.25. The summed E-state index contributed by atoms with van der Waals surface area (Å²) in [6.07, 6.45) is 2.87. The summed E-state index contributed by atoms with van der Waals surface area (Å²) in [5, 5.41) is 28.5. The van der Waals surface area contributed by atoms with Crippen molar-refractivity contribution in [3.05, 3.63) is 88.5 Å². The SMILES string of the molecule is CCN(CCO)C(=O)c1cc(-c2c(C)nn3c(NCc4cccc(-c5nccn5C)c4)cc(C(C)O)nc23)ccc1Cl. The van der Waals surface area contributed by atoms with Gasteiger partial charge in [-0.2, -0.15) is 9.61 Å². The molecule has 0 aliphatic rings. The van der Waals surface area contributed by atoms with E-state index < -0.39 is 6.10 Å². The van der Waals surface area contributed by atoms with Crippen molar-refractivity contribution in [1.82, 2.24) is 29.0 Å². The van der Waals surface area contributed by atoms with Crippen LogP contribution in [0.1, 0.15) is 47.3 Å². The molecule has 1 atom stereocenters. The molecule has 218 valence electrons. The molecule has 3 N–H and O–H groups in total. The Morgan fingerprint density at radius 2 is 1.98 bits per heavy atom. The van der Waals surface area contributed by atoms with Crippen LogP contribution in [0.5, 0.6) is 0 Å². The molecule has 0 aliphatic carbocycles. The van der Waals surface area contributed by atoms with Gasteiger partial charge in [-0.25, -0.2) is 9.97 Å². The molecule has 3 aromatic heterocycles. The molecule has 0 spiro atoms. The molecule has 42 heavy (non-hydrogen) atoms. The van der Waals surface area contributed by atoms with Crippen molar-refractivity contribution >= 4 is 29.0 Å². The zero-order chi connectivity index (χ0) is 30.0. The predicted molar refractivity (Wildman–Crippen MR) is 163 cm³/mol. The van der Waals surface area contributed by atoms with Crippen molar-refractivity contribution in [1.29, 1.82) is 0 Å². The Morgan fingerprint density at radius 3 is 2.67 bits per heavy atom. The summed E-state index contributed by atoms with van der Waals surface area (Å²) in [5.41, 5.74) is 5.57. The number of anilines is 1. The van der Waals surface area contributed by atoms with Crippen molar-refractivity contribution in [3.8, 4) is 22.5 Å². The van der Waals surface area contributed by atoms with Crippen LogP contribution in [-0.2, 0) is 13.6 Å². The average Bonchev–Trinajstić information content (AvgIpc) is 3.56. The van der Waals surface area contributed by atoms with E-state index in [9.17, 15) is 15.0 Å². The van der Waals surface area contributed by atoms with Crippen LogP contribution in [-0.4, -0.2) is 64.9 Å². The second kappa shape index (κ2) is 12.3. The van der Waals surface area contributed by atoms with Gasteiger partial charge in [-0.3, -0.25) is 4.79 Å². The number of nitrogens with one attached hydrogen (secondary N) is 1. The van der Waals surface area contributed by atoms with Gasteiger partial charge < -0.3 is 25.0 Å². The summed E-state index contributed by atoms with van der Waals surface area (Å²) in [4.78, 5) is 24.0. The lowest BCUT2D eigenvalue weighted by atomic mass is 10.0. The predicted octanol–water partition coefficient (Wildman–Crippen LogP) is 4.88. The number of benzene rings is 2. The van der Waals surface area contributed by atoms with Gasteiger partial charge in [0.15, 0.2) is 5.65 Å². The average molecular weight is 588 g/mol. The first-order valence-electron chi connectivity index (χ1n) is 13.8. The molecule has 0 radical (unpaired) electrons. The maximum absolute atomic E-state index is 13.2. The van der Waals surface area contributed by atoms with Crippen LogP contribution in [0.2, 0.25) is 5.02 Å². The molecule has 0 fully saturated rings. The molecule has 1 unspecified atom stereocenters. The lowest BCUT2D eigenvalue weighted by Crippen LogP contribution is -2.33. The maximum Gasteiger partial charge on any atom is 0.255 e. The Bertz CT molecular complexity index is 1740. The van der Waals surface area contributed by atoms with E-state index in [0.717, 1.165) is 28.1 Å². The van der Waals surface area contributed by atoms with Gasteiger partial charge in [-0.1, -0.05) is 35.9 Å². The first-order valence-corrected chi connectivity index (χ1v) is 14.2. The third-order valence-electron chi connectivity index (χ3n) is 7.22. The first kappa shape index (κ1) is 29.2. The molecule has 0 saturated heterocycles. The van der Waals surface area contributed by atoms with E-state index in [2.05, 4.69) is 16.4 Å². The van der Waals surface area contributed by atoms with E-state index in [1.165, 1.54) is 0 Å². The van der Waals surface area contributed by atoms with Crippen LogP contribution in [0.4, 0.5) is 5.82 Å². The zero-order valence-corrected chi connectivity index (χ0v) is 24.8. The number of rotatable bonds is 10. The summed E-state index contributed by atoms with van der Waals surface area (Å²) in [7, 11) is 1.96. The van der Waals surface area contributed by atoms with Crippen molar-refractivity contribution < 1.29 is 15.0 Å². The topological polar surface area (TPSA) is 121 Å². The van der Waals surface area contributed by atoms with Gasteiger partial charge in [-0.05, 0) is 50.1 Å². The summed E-state index contributed by atoms with van der Waals surface area (Å²) >= 11 is 6.46. The van der Waals surface area contributed by atoms with E-state index in [4.69, 9.17) is 21.7 Å². The Kier molecular flexibility index (Phi) is 8.58. The molecule has 5 aromatic rings. The smallest absolute Gasteiger partial charge is 0.255 e. The van der Waals surface area contributed by atoms with Crippen LogP contribution in [0.3, 0.4) is 0 Å². The van der Waals surface area contributed by atoms with Crippen LogP contribution in [0.25, 0.3) is 28.2 Å². The fraction of sp³-hybridized carbons (Fsp3) is 0.290. The fourth-order valence-electron chi connectivity index (χ4n) is 5.02. The molecule has 10 nitrogen and oxygen atoms in total. The highest BCUT2D eigenvalue weighted by Crippen LogP contribution is 2.33. The van der Waals surface area contributed by atoms with E-state index in [0.29, 0.717) is 46.5 Å². The van der Waals surface area contributed by atoms with Crippen LogP contribution in [0.15, 0.2) is 60.9 Å². The number of imidazole rings is 1. The second-order valence-electron chi connectivity index (χ2n) is 10.2. The normalized spacial score (nSPS) is 12.1. The zero-order valence-electron chi connectivity index (χ0n) is 24.0. The monoisotopic (exact) mass is 587 g/mol. The third kappa shape index (κ3) is 5.74.